The number of hydrogen-bond acceptors (Lipinski definition) is 6. The second-order valence-corrected chi connectivity index (χ2v) is 6.54. The fourth-order valence-electron chi connectivity index (χ4n) is 3.08. The molecule has 1 aliphatic heterocycles. The summed E-state index contributed by atoms with van der Waals surface area (Å²) in [7, 11) is 0. The van der Waals surface area contributed by atoms with Gasteiger partial charge in [-0.1, -0.05) is 60.7 Å². The van der Waals surface area contributed by atoms with Gasteiger partial charge in [0.15, 0.2) is 6.04 Å². The summed E-state index contributed by atoms with van der Waals surface area (Å²) in [6.45, 7) is 0.352. The van der Waals surface area contributed by atoms with Crippen LogP contribution in [-0.4, -0.2) is 53.2 Å². The van der Waals surface area contributed by atoms with E-state index in [2.05, 4.69) is 5.32 Å². The van der Waals surface area contributed by atoms with Crippen LogP contribution in [0.25, 0.3) is 0 Å². The molecule has 1 saturated heterocycles. The molecule has 29 heavy (non-hydrogen) atoms. The van der Waals surface area contributed by atoms with Crippen molar-refractivity contribution in [3.05, 3.63) is 71.8 Å². The van der Waals surface area contributed by atoms with Gasteiger partial charge in [0.25, 0.3) is 0 Å². The van der Waals surface area contributed by atoms with Crippen LogP contribution < -0.4 is 5.32 Å². The second-order valence-electron chi connectivity index (χ2n) is 6.54. The van der Waals surface area contributed by atoms with Gasteiger partial charge in [0, 0.05) is 13.1 Å². The Morgan fingerprint density at radius 3 is 2.03 bits per heavy atom. The monoisotopic (exact) mass is 398 g/mol. The zero-order valence-electron chi connectivity index (χ0n) is 15.7. The van der Waals surface area contributed by atoms with Crippen molar-refractivity contribution in [1.29, 1.82) is 0 Å². The van der Waals surface area contributed by atoms with Gasteiger partial charge in [-0.2, -0.15) is 0 Å². The van der Waals surface area contributed by atoms with Crippen LogP contribution in [-0.2, 0) is 32.3 Å². The molecular formula is C21H22N2O6. The number of carbonyl (C=O) groups excluding carboxylic acids is 2. The van der Waals surface area contributed by atoms with E-state index < -0.39 is 30.1 Å². The van der Waals surface area contributed by atoms with Crippen molar-refractivity contribution < 1.29 is 29.0 Å². The van der Waals surface area contributed by atoms with Crippen molar-refractivity contribution >= 4 is 18.0 Å². The Morgan fingerprint density at radius 2 is 1.48 bits per heavy atom. The van der Waals surface area contributed by atoms with Crippen LogP contribution in [0.3, 0.4) is 0 Å². The van der Waals surface area contributed by atoms with Crippen molar-refractivity contribution in [1.82, 2.24) is 10.2 Å². The number of hydrogen-bond donors (Lipinski definition) is 2. The summed E-state index contributed by atoms with van der Waals surface area (Å²) in [5.74, 6) is -2.04. The Bertz CT molecular complexity index is 843. The minimum Gasteiger partial charge on any atom is -0.480 e. The van der Waals surface area contributed by atoms with Crippen molar-refractivity contribution in [2.24, 2.45) is 0 Å². The molecule has 0 spiro atoms. The normalized spacial score (nSPS) is 18.7. The molecule has 0 unspecified atom stereocenters. The highest BCUT2D eigenvalue weighted by Crippen LogP contribution is 2.16. The van der Waals surface area contributed by atoms with Crippen LogP contribution in [0.2, 0.25) is 0 Å². The molecule has 8 heteroatoms. The first-order valence-electron chi connectivity index (χ1n) is 9.20. The zero-order chi connectivity index (χ0) is 20.6. The standard InChI is InChI=1S/C21H22N2O6/c24-19(25)17-18(20(26)28-13-15-7-3-1-4-8-15)23(12-11-22-17)21(27)29-14-16-9-5-2-6-10-16/h1-10,17-18,22H,11-14H2,(H,24,25)/t17-,18+/m1/s1. The van der Waals surface area contributed by atoms with Gasteiger partial charge >= 0.3 is 18.0 Å². The van der Waals surface area contributed by atoms with Crippen molar-refractivity contribution in [2.75, 3.05) is 13.1 Å². The molecule has 1 fully saturated rings. The average molecular weight is 398 g/mol. The molecule has 0 aromatic heterocycles. The summed E-state index contributed by atoms with van der Waals surface area (Å²) >= 11 is 0. The molecule has 2 N–H and O–H groups in total. The summed E-state index contributed by atoms with van der Waals surface area (Å²) in [4.78, 5) is 38.1. The van der Waals surface area contributed by atoms with E-state index in [4.69, 9.17) is 9.47 Å². The molecular weight excluding hydrogens is 376 g/mol. The summed E-state index contributed by atoms with van der Waals surface area (Å²) in [5, 5.41) is 12.3. The predicted molar refractivity (Wildman–Crippen MR) is 103 cm³/mol. The number of nitrogens with zero attached hydrogens (tertiary/aromatic N) is 1. The molecule has 1 aliphatic rings. The smallest absolute Gasteiger partial charge is 0.410 e. The van der Waals surface area contributed by atoms with Gasteiger partial charge in [0.1, 0.15) is 19.3 Å². The Hall–Kier alpha value is -3.39. The van der Waals surface area contributed by atoms with E-state index in [1.165, 1.54) is 0 Å². The number of ether oxygens (including phenoxy) is 2. The SMILES string of the molecule is O=C(OCc1ccccc1)[C@@H]1[C@H](C(=O)O)NCCN1C(=O)OCc1ccccc1. The Kier molecular flexibility index (Phi) is 6.80. The Morgan fingerprint density at radius 1 is 0.931 bits per heavy atom. The lowest BCUT2D eigenvalue weighted by Crippen LogP contribution is -2.65. The van der Waals surface area contributed by atoms with Gasteiger partial charge in [0.2, 0.25) is 0 Å². The van der Waals surface area contributed by atoms with Crippen molar-refractivity contribution in [2.45, 2.75) is 25.3 Å². The third-order valence-electron chi connectivity index (χ3n) is 4.54. The van der Waals surface area contributed by atoms with Crippen LogP contribution in [0.4, 0.5) is 4.79 Å². The fraction of sp³-hybridized carbons (Fsp3) is 0.286. The number of carbonyl (C=O) groups is 3. The average Bonchev–Trinajstić information content (AvgIpc) is 2.76. The fourth-order valence-corrected chi connectivity index (χ4v) is 3.08. The van der Waals surface area contributed by atoms with E-state index in [0.29, 0.717) is 0 Å². The zero-order valence-corrected chi connectivity index (χ0v) is 15.7. The van der Waals surface area contributed by atoms with E-state index in [1.54, 1.807) is 36.4 Å². The molecule has 2 atom stereocenters. The number of esters is 1. The van der Waals surface area contributed by atoms with Gasteiger partial charge < -0.3 is 19.9 Å². The maximum absolute atomic E-state index is 12.7. The van der Waals surface area contributed by atoms with E-state index in [0.717, 1.165) is 16.0 Å². The lowest BCUT2D eigenvalue weighted by Gasteiger charge is -2.37. The summed E-state index contributed by atoms with van der Waals surface area (Å²) < 4.78 is 10.6. The van der Waals surface area contributed by atoms with Crippen LogP contribution in [0, 0.1) is 0 Å². The minimum atomic E-state index is -1.33. The Balaban J connectivity index is 1.69. The molecule has 0 saturated carbocycles. The molecule has 0 radical (unpaired) electrons. The number of carboxylic acid groups (broad SMARTS) is 1. The quantitative estimate of drug-likeness (QED) is 0.715. The van der Waals surface area contributed by atoms with Gasteiger partial charge in [-0.25, -0.2) is 9.59 Å². The number of benzene rings is 2. The molecule has 152 valence electrons. The summed E-state index contributed by atoms with van der Waals surface area (Å²) in [6.07, 6.45) is -0.761. The number of carboxylic acids is 1. The predicted octanol–water partition coefficient (Wildman–Crippen LogP) is 1.79. The third-order valence-corrected chi connectivity index (χ3v) is 4.54. The second kappa shape index (κ2) is 9.70. The highest BCUT2D eigenvalue weighted by Gasteiger charge is 2.44. The first-order valence-corrected chi connectivity index (χ1v) is 9.20. The van der Waals surface area contributed by atoms with E-state index in [9.17, 15) is 19.5 Å². The largest absolute Gasteiger partial charge is 0.480 e. The maximum Gasteiger partial charge on any atom is 0.410 e. The van der Waals surface area contributed by atoms with Crippen LogP contribution >= 0.6 is 0 Å². The van der Waals surface area contributed by atoms with Gasteiger partial charge in [0.05, 0.1) is 0 Å². The van der Waals surface area contributed by atoms with Crippen LogP contribution in [0.1, 0.15) is 11.1 Å². The first kappa shape index (κ1) is 20.3. The maximum atomic E-state index is 12.7. The molecule has 0 aliphatic carbocycles. The summed E-state index contributed by atoms with van der Waals surface area (Å²) in [5.41, 5.74) is 1.55. The number of amides is 1. The molecule has 3 rings (SSSR count). The first-order chi connectivity index (χ1) is 14.1. The Labute approximate surface area is 168 Å². The molecule has 1 amide bonds. The lowest BCUT2D eigenvalue weighted by molar-refractivity contribution is -0.159. The van der Waals surface area contributed by atoms with Gasteiger partial charge in [-0.15, -0.1) is 0 Å². The number of aliphatic carboxylic acids is 1. The van der Waals surface area contributed by atoms with Crippen LogP contribution in [0.15, 0.2) is 60.7 Å². The van der Waals surface area contributed by atoms with Crippen molar-refractivity contribution in [3.8, 4) is 0 Å². The van der Waals surface area contributed by atoms with E-state index in [-0.39, 0.29) is 26.3 Å². The van der Waals surface area contributed by atoms with E-state index in [1.807, 2.05) is 24.3 Å². The third kappa shape index (κ3) is 5.32. The number of rotatable bonds is 6. The minimum absolute atomic E-state index is 0.0184. The number of nitrogens with one attached hydrogen (secondary N) is 1. The molecule has 2 aromatic rings. The summed E-state index contributed by atoms with van der Waals surface area (Å²) in [6, 6.07) is 15.5. The molecule has 8 nitrogen and oxygen atoms in total. The highest BCUT2D eigenvalue weighted by atomic mass is 16.6. The van der Waals surface area contributed by atoms with Crippen molar-refractivity contribution in [3.63, 3.8) is 0 Å². The van der Waals surface area contributed by atoms with Crippen LogP contribution in [0.5, 0.6) is 0 Å². The molecule has 0 bridgehead atoms. The van der Waals surface area contributed by atoms with Gasteiger partial charge in [-0.05, 0) is 11.1 Å². The number of piperazine rings is 1. The topological polar surface area (TPSA) is 105 Å². The molecule has 1 heterocycles. The molecule has 2 aromatic carbocycles. The van der Waals surface area contributed by atoms with E-state index >= 15 is 0 Å². The van der Waals surface area contributed by atoms with Gasteiger partial charge in [-0.3, -0.25) is 9.69 Å². The lowest BCUT2D eigenvalue weighted by atomic mass is 10.0. The highest BCUT2D eigenvalue weighted by molar-refractivity contribution is 5.89.